The first-order valence-corrected chi connectivity index (χ1v) is 5.35. The van der Waals surface area contributed by atoms with E-state index in [0.717, 1.165) is 11.1 Å². The summed E-state index contributed by atoms with van der Waals surface area (Å²) in [6.45, 7) is 2.21. The molecular weight excluding hydrogens is 257 g/mol. The van der Waals surface area contributed by atoms with Gasteiger partial charge in [0.1, 0.15) is 5.02 Å². The molecule has 0 bridgehead atoms. The van der Waals surface area contributed by atoms with E-state index in [9.17, 15) is 14.9 Å². The summed E-state index contributed by atoms with van der Waals surface area (Å²) in [5, 5.41) is 13.4. The molecular formula is C8H9Cl2N3O3. The van der Waals surface area contributed by atoms with E-state index in [-0.39, 0.29) is 11.6 Å². The maximum atomic E-state index is 11.5. The summed E-state index contributed by atoms with van der Waals surface area (Å²) in [7, 11) is 0. The Hall–Kier alpha value is -1.14. The molecule has 0 unspecified atom stereocenters. The number of nitro groups is 1. The number of unbranched alkanes of at least 4 members (excludes halogenated alkanes) is 1. The molecule has 0 saturated carbocycles. The Morgan fingerprint density at radius 3 is 2.56 bits per heavy atom. The quantitative estimate of drug-likeness (QED) is 0.618. The van der Waals surface area contributed by atoms with Crippen molar-refractivity contribution in [1.29, 1.82) is 0 Å². The molecule has 1 heterocycles. The lowest BCUT2D eigenvalue weighted by molar-refractivity contribution is -0.390. The van der Waals surface area contributed by atoms with Crippen LogP contribution in [-0.2, 0) is 6.54 Å². The van der Waals surface area contributed by atoms with Crippen LogP contribution in [0.4, 0.5) is 5.82 Å². The number of aromatic nitrogens is 2. The number of rotatable bonds is 4. The first kappa shape index (κ1) is 12.9. The van der Waals surface area contributed by atoms with E-state index in [4.69, 9.17) is 23.2 Å². The summed E-state index contributed by atoms with van der Waals surface area (Å²) in [5.74, 6) is -0.595. The van der Waals surface area contributed by atoms with Crippen molar-refractivity contribution in [2.24, 2.45) is 0 Å². The van der Waals surface area contributed by atoms with Crippen LogP contribution in [0.2, 0.25) is 10.0 Å². The van der Waals surface area contributed by atoms with Crippen LogP contribution < -0.4 is 5.56 Å². The highest BCUT2D eigenvalue weighted by Crippen LogP contribution is 2.26. The van der Waals surface area contributed by atoms with Gasteiger partial charge in [0, 0.05) is 0 Å². The third kappa shape index (κ3) is 2.51. The van der Waals surface area contributed by atoms with Crippen LogP contribution >= 0.6 is 23.2 Å². The van der Waals surface area contributed by atoms with Crippen molar-refractivity contribution >= 4 is 29.0 Å². The van der Waals surface area contributed by atoms with Gasteiger partial charge in [0.15, 0.2) is 5.02 Å². The van der Waals surface area contributed by atoms with Crippen molar-refractivity contribution in [3.63, 3.8) is 0 Å². The van der Waals surface area contributed by atoms with Gasteiger partial charge in [-0.3, -0.25) is 4.79 Å². The second-order valence-corrected chi connectivity index (χ2v) is 3.85. The van der Waals surface area contributed by atoms with E-state index >= 15 is 0 Å². The Balaban J connectivity index is 3.30. The monoisotopic (exact) mass is 265 g/mol. The number of halogens is 2. The summed E-state index contributed by atoms with van der Waals surface area (Å²) in [6, 6.07) is 0. The minimum atomic E-state index is -0.768. The molecule has 0 aliphatic rings. The molecule has 6 nitrogen and oxygen atoms in total. The SMILES string of the molecule is CCCCn1nc([N+](=O)[O-])c(Cl)c(Cl)c1=O. The largest absolute Gasteiger partial charge is 0.408 e. The smallest absolute Gasteiger partial charge is 0.358 e. The zero-order valence-electron chi connectivity index (χ0n) is 8.44. The first-order chi connectivity index (χ1) is 7.49. The molecule has 0 saturated heterocycles. The van der Waals surface area contributed by atoms with Crippen molar-refractivity contribution in [3.05, 3.63) is 30.5 Å². The van der Waals surface area contributed by atoms with Crippen molar-refractivity contribution in [2.75, 3.05) is 0 Å². The van der Waals surface area contributed by atoms with Gasteiger partial charge >= 0.3 is 11.4 Å². The highest BCUT2D eigenvalue weighted by atomic mass is 35.5. The van der Waals surface area contributed by atoms with E-state index in [1.165, 1.54) is 0 Å². The molecule has 0 aliphatic carbocycles. The van der Waals surface area contributed by atoms with Crippen LogP contribution in [-0.4, -0.2) is 14.7 Å². The molecule has 1 rings (SSSR count). The second kappa shape index (κ2) is 5.27. The van der Waals surface area contributed by atoms with Crippen LogP contribution in [0.15, 0.2) is 4.79 Å². The predicted octanol–water partition coefficient (Wildman–Crippen LogP) is 2.26. The summed E-state index contributed by atoms with van der Waals surface area (Å²) in [5.41, 5.74) is -0.606. The number of aryl methyl sites for hydroxylation is 1. The molecule has 0 aliphatic heterocycles. The summed E-state index contributed by atoms with van der Waals surface area (Å²) in [6.07, 6.45) is 1.52. The van der Waals surface area contributed by atoms with Gasteiger partial charge in [0.05, 0.1) is 11.6 Å². The third-order valence-corrected chi connectivity index (χ3v) is 2.73. The first-order valence-electron chi connectivity index (χ1n) is 4.59. The summed E-state index contributed by atoms with van der Waals surface area (Å²) >= 11 is 11.2. The molecule has 0 atom stereocenters. The van der Waals surface area contributed by atoms with Crippen molar-refractivity contribution < 1.29 is 4.92 Å². The second-order valence-electron chi connectivity index (χ2n) is 3.09. The fraction of sp³-hybridized carbons (Fsp3) is 0.500. The summed E-state index contributed by atoms with van der Waals surface area (Å²) in [4.78, 5) is 21.4. The minimum absolute atomic E-state index is 0.285. The van der Waals surface area contributed by atoms with E-state index in [1.807, 2.05) is 6.92 Å². The Morgan fingerprint density at radius 2 is 2.06 bits per heavy atom. The molecule has 8 heteroatoms. The lowest BCUT2D eigenvalue weighted by atomic mass is 10.3. The number of nitrogens with zero attached hydrogens (tertiary/aromatic N) is 3. The van der Waals surface area contributed by atoms with Crippen molar-refractivity contribution in [3.8, 4) is 0 Å². The number of hydrogen-bond donors (Lipinski definition) is 0. The van der Waals surface area contributed by atoms with E-state index in [2.05, 4.69) is 5.10 Å². The molecule has 0 amide bonds. The fourth-order valence-corrected chi connectivity index (χ4v) is 1.45. The lowest BCUT2D eigenvalue weighted by Crippen LogP contribution is -2.24. The molecule has 0 fully saturated rings. The van der Waals surface area contributed by atoms with Crippen molar-refractivity contribution in [2.45, 2.75) is 26.3 Å². The molecule has 88 valence electrons. The Bertz CT molecular complexity index is 472. The highest BCUT2D eigenvalue weighted by Gasteiger charge is 2.23. The van der Waals surface area contributed by atoms with Crippen LogP contribution in [0.5, 0.6) is 0 Å². The number of hydrogen-bond acceptors (Lipinski definition) is 4. The molecule has 0 radical (unpaired) electrons. The summed E-state index contributed by atoms with van der Waals surface area (Å²) < 4.78 is 0.968. The van der Waals surface area contributed by atoms with Gasteiger partial charge in [0.2, 0.25) is 0 Å². The van der Waals surface area contributed by atoms with E-state index in [0.29, 0.717) is 6.42 Å². The third-order valence-electron chi connectivity index (χ3n) is 1.92. The van der Waals surface area contributed by atoms with Crippen molar-refractivity contribution in [1.82, 2.24) is 9.78 Å². The standard InChI is InChI=1S/C8H9Cl2N3O3/c1-2-3-4-12-8(14)6(10)5(9)7(11-12)13(15)16/h2-4H2,1H3. The van der Waals surface area contributed by atoms with Gasteiger partial charge in [-0.05, 0) is 11.3 Å². The van der Waals surface area contributed by atoms with Crippen LogP contribution in [0.1, 0.15) is 19.8 Å². The molecule has 0 aromatic carbocycles. The van der Waals surface area contributed by atoms with Gasteiger partial charge in [-0.2, -0.15) is 0 Å². The van der Waals surface area contributed by atoms with E-state index in [1.54, 1.807) is 0 Å². The maximum absolute atomic E-state index is 11.5. The topological polar surface area (TPSA) is 78.0 Å². The minimum Gasteiger partial charge on any atom is -0.358 e. The average Bonchev–Trinajstić information content (AvgIpc) is 2.24. The van der Waals surface area contributed by atoms with Crippen LogP contribution in [0.3, 0.4) is 0 Å². The van der Waals surface area contributed by atoms with Gasteiger partial charge in [-0.25, -0.2) is 0 Å². The van der Waals surface area contributed by atoms with Gasteiger partial charge in [0.25, 0.3) is 0 Å². The molecule has 0 N–H and O–H groups in total. The van der Waals surface area contributed by atoms with Gasteiger partial charge in [-0.15, -0.1) is 4.68 Å². The van der Waals surface area contributed by atoms with Crippen LogP contribution in [0.25, 0.3) is 0 Å². The fourth-order valence-electron chi connectivity index (χ4n) is 1.09. The average molecular weight is 266 g/mol. The zero-order valence-corrected chi connectivity index (χ0v) is 9.96. The highest BCUT2D eigenvalue weighted by molar-refractivity contribution is 6.42. The van der Waals surface area contributed by atoms with E-state index < -0.39 is 21.3 Å². The predicted molar refractivity (Wildman–Crippen MR) is 60.1 cm³/mol. The molecule has 1 aromatic heterocycles. The molecule has 1 aromatic rings. The maximum Gasteiger partial charge on any atom is 0.408 e. The van der Waals surface area contributed by atoms with Gasteiger partial charge in [-0.1, -0.05) is 36.5 Å². The lowest BCUT2D eigenvalue weighted by Gasteiger charge is -2.01. The molecule has 0 spiro atoms. The van der Waals surface area contributed by atoms with Gasteiger partial charge < -0.3 is 10.1 Å². The molecule has 16 heavy (non-hydrogen) atoms. The normalized spacial score (nSPS) is 10.4. The Morgan fingerprint density at radius 1 is 1.44 bits per heavy atom. The Kier molecular flexibility index (Phi) is 4.26. The van der Waals surface area contributed by atoms with Crippen LogP contribution in [0, 0.1) is 10.1 Å². The Labute approximate surface area is 101 Å². The zero-order chi connectivity index (χ0) is 12.3.